The molecule has 0 bridgehead atoms. The van der Waals surface area contributed by atoms with Gasteiger partial charge in [-0.1, -0.05) is 30.3 Å². The fraction of sp³-hybridized carbons (Fsp3) is 0.250. The predicted octanol–water partition coefficient (Wildman–Crippen LogP) is 2.49. The average molecular weight is 219 g/mol. The second kappa shape index (κ2) is 5.80. The molecule has 0 saturated heterocycles. The highest BCUT2D eigenvalue weighted by Crippen LogP contribution is 2.02. The van der Waals surface area contributed by atoms with Crippen LogP contribution in [0.4, 0.5) is 4.79 Å². The highest BCUT2D eigenvalue weighted by molar-refractivity contribution is 6.46. The predicted molar refractivity (Wildman–Crippen MR) is 60.9 cm³/mol. The highest BCUT2D eigenvalue weighted by atomic mass is 16.5. The van der Waals surface area contributed by atoms with E-state index in [1.165, 1.54) is 6.92 Å². The Balaban J connectivity index is 2.79. The van der Waals surface area contributed by atoms with Crippen molar-refractivity contribution in [1.82, 2.24) is 0 Å². The van der Waals surface area contributed by atoms with Crippen molar-refractivity contribution in [3.8, 4) is 0 Å². The summed E-state index contributed by atoms with van der Waals surface area (Å²) >= 11 is 0. The Hall–Kier alpha value is -1.97. The van der Waals surface area contributed by atoms with Gasteiger partial charge in [0, 0.05) is 5.56 Å². The Morgan fingerprint density at radius 2 is 1.88 bits per heavy atom. The summed E-state index contributed by atoms with van der Waals surface area (Å²) in [6.45, 7) is 3.42. The third-order valence-corrected chi connectivity index (χ3v) is 1.89. The second-order valence-corrected chi connectivity index (χ2v) is 3.09. The number of ketones is 1. The maximum Gasteiger partial charge on any atom is 0.433 e. The normalized spacial score (nSPS) is 11.0. The van der Waals surface area contributed by atoms with Gasteiger partial charge in [0.05, 0.1) is 12.3 Å². The summed E-state index contributed by atoms with van der Waals surface area (Å²) in [5.74, 6) is -0.270. The molecule has 0 saturated carbocycles. The maximum absolute atomic E-state index is 11.7. The molecule has 4 nitrogen and oxygen atoms in total. The largest absolute Gasteiger partial charge is 0.448 e. The first-order chi connectivity index (χ1) is 7.65. The molecule has 0 fully saturated rings. The number of hydrogen-bond acceptors (Lipinski definition) is 3. The molecule has 4 heteroatoms. The van der Waals surface area contributed by atoms with Crippen molar-refractivity contribution in [2.45, 2.75) is 13.8 Å². The monoisotopic (exact) mass is 219 g/mol. The average Bonchev–Trinajstić information content (AvgIpc) is 2.29. The fourth-order valence-corrected chi connectivity index (χ4v) is 1.14. The lowest BCUT2D eigenvalue weighted by Crippen LogP contribution is -2.13. The number of ether oxygens (including phenoxy) is 1. The molecule has 84 valence electrons. The summed E-state index contributed by atoms with van der Waals surface area (Å²) in [6, 6.07) is 8.67. The van der Waals surface area contributed by atoms with E-state index in [4.69, 9.17) is 0 Å². The van der Waals surface area contributed by atoms with Crippen LogP contribution in [0.3, 0.4) is 0 Å². The number of Topliss-reactive ketones (excluding diaryl/α,β-unsaturated/α-hetero) is 1. The molecule has 0 atom stereocenters. The van der Waals surface area contributed by atoms with Gasteiger partial charge in [-0.15, -0.1) is 0 Å². The summed E-state index contributed by atoms with van der Waals surface area (Å²) in [4.78, 5) is 26.3. The quantitative estimate of drug-likeness (QED) is 0.579. The first-order valence-electron chi connectivity index (χ1n) is 4.97. The second-order valence-electron chi connectivity index (χ2n) is 3.09. The molecule has 0 radical (unpaired) electrons. The zero-order valence-electron chi connectivity index (χ0n) is 9.27. The number of carbonyl (C=O) groups excluding carboxylic acids is 2. The third-order valence-electron chi connectivity index (χ3n) is 1.89. The van der Waals surface area contributed by atoms with E-state index in [1.807, 2.05) is 6.07 Å². The number of rotatable bonds is 3. The molecule has 16 heavy (non-hydrogen) atoms. The summed E-state index contributed by atoms with van der Waals surface area (Å²) in [6.07, 6.45) is -0.732. The van der Waals surface area contributed by atoms with E-state index in [9.17, 15) is 9.59 Å². The minimum atomic E-state index is -0.732. The van der Waals surface area contributed by atoms with Crippen molar-refractivity contribution in [2.75, 3.05) is 6.61 Å². The van der Waals surface area contributed by atoms with Gasteiger partial charge in [0.2, 0.25) is 5.78 Å². The number of benzene rings is 1. The summed E-state index contributed by atoms with van der Waals surface area (Å²) in [5, 5.41) is 0. The van der Waals surface area contributed by atoms with Crippen molar-refractivity contribution < 1.29 is 14.3 Å². The van der Waals surface area contributed by atoms with Gasteiger partial charge < -0.3 is 4.74 Å². The Kier molecular flexibility index (Phi) is 4.39. The molecular formula is C12H13NO3. The number of nitrogens with zero attached hydrogens (tertiary/aromatic N) is 1. The molecule has 0 N–H and O–H groups in total. The van der Waals surface area contributed by atoms with Crippen LogP contribution in [-0.4, -0.2) is 24.2 Å². The van der Waals surface area contributed by atoms with Crippen LogP contribution in [0.25, 0.3) is 0 Å². The number of aliphatic imine (C=N–C) groups is 1. The van der Waals surface area contributed by atoms with Gasteiger partial charge in [-0.3, -0.25) is 4.79 Å². The van der Waals surface area contributed by atoms with Gasteiger partial charge in [-0.05, 0) is 13.8 Å². The van der Waals surface area contributed by atoms with E-state index in [2.05, 4.69) is 9.73 Å². The highest BCUT2D eigenvalue weighted by Gasteiger charge is 2.10. The van der Waals surface area contributed by atoms with Gasteiger partial charge in [0.15, 0.2) is 0 Å². The first kappa shape index (κ1) is 12.1. The molecular weight excluding hydrogens is 206 g/mol. The van der Waals surface area contributed by atoms with E-state index >= 15 is 0 Å². The van der Waals surface area contributed by atoms with Gasteiger partial charge in [-0.25, -0.2) is 4.79 Å². The van der Waals surface area contributed by atoms with Gasteiger partial charge in [-0.2, -0.15) is 4.99 Å². The van der Waals surface area contributed by atoms with Crippen molar-refractivity contribution in [2.24, 2.45) is 4.99 Å². The first-order valence-corrected chi connectivity index (χ1v) is 4.97. The van der Waals surface area contributed by atoms with E-state index in [0.717, 1.165) is 0 Å². The number of hydrogen-bond donors (Lipinski definition) is 0. The van der Waals surface area contributed by atoms with Gasteiger partial charge in [0.1, 0.15) is 0 Å². The summed E-state index contributed by atoms with van der Waals surface area (Å²) < 4.78 is 4.62. The SMILES string of the molecule is CCOC(=O)N=C(C)C(=O)c1ccccc1. The molecule has 1 amide bonds. The van der Waals surface area contributed by atoms with Crippen molar-refractivity contribution in [1.29, 1.82) is 0 Å². The molecule has 0 unspecified atom stereocenters. The van der Waals surface area contributed by atoms with Crippen LogP contribution in [0, 0.1) is 0 Å². The molecule has 0 aromatic heterocycles. The standard InChI is InChI=1S/C12H13NO3/c1-3-16-12(15)13-9(2)11(14)10-7-5-4-6-8-10/h4-8H,3H2,1-2H3. The molecule has 0 aliphatic carbocycles. The molecule has 1 aromatic rings. The topological polar surface area (TPSA) is 55.7 Å². The Morgan fingerprint density at radius 3 is 2.44 bits per heavy atom. The van der Waals surface area contributed by atoms with Crippen molar-refractivity contribution in [3.63, 3.8) is 0 Å². The maximum atomic E-state index is 11.7. The minimum Gasteiger partial charge on any atom is -0.448 e. The molecule has 0 spiro atoms. The van der Waals surface area contributed by atoms with Crippen LogP contribution < -0.4 is 0 Å². The zero-order chi connectivity index (χ0) is 12.0. The van der Waals surface area contributed by atoms with Crippen LogP contribution in [0.15, 0.2) is 35.3 Å². The summed E-state index contributed by atoms with van der Waals surface area (Å²) in [5.41, 5.74) is 0.637. The van der Waals surface area contributed by atoms with E-state index in [-0.39, 0.29) is 18.1 Å². The number of carbonyl (C=O) groups is 2. The van der Waals surface area contributed by atoms with Crippen LogP contribution in [0.1, 0.15) is 24.2 Å². The Morgan fingerprint density at radius 1 is 1.25 bits per heavy atom. The fourth-order valence-electron chi connectivity index (χ4n) is 1.14. The van der Waals surface area contributed by atoms with E-state index < -0.39 is 6.09 Å². The van der Waals surface area contributed by atoms with Gasteiger partial charge in [0.25, 0.3) is 0 Å². The van der Waals surface area contributed by atoms with Crippen LogP contribution >= 0.6 is 0 Å². The number of amides is 1. The lowest BCUT2D eigenvalue weighted by molar-refractivity contribution is 0.106. The molecule has 0 aliphatic rings. The van der Waals surface area contributed by atoms with E-state index in [0.29, 0.717) is 5.56 Å². The Bertz CT molecular complexity index is 410. The lowest BCUT2D eigenvalue weighted by atomic mass is 10.1. The van der Waals surface area contributed by atoms with Crippen LogP contribution in [0.2, 0.25) is 0 Å². The van der Waals surface area contributed by atoms with Crippen LogP contribution in [-0.2, 0) is 4.74 Å². The van der Waals surface area contributed by atoms with Crippen molar-refractivity contribution in [3.05, 3.63) is 35.9 Å². The molecule has 1 rings (SSSR count). The third kappa shape index (κ3) is 3.31. The van der Waals surface area contributed by atoms with E-state index in [1.54, 1.807) is 31.2 Å². The molecule has 0 heterocycles. The zero-order valence-corrected chi connectivity index (χ0v) is 9.27. The molecule has 0 aliphatic heterocycles. The minimum absolute atomic E-state index is 0.129. The summed E-state index contributed by atoms with van der Waals surface area (Å²) in [7, 11) is 0. The molecule has 1 aromatic carbocycles. The Labute approximate surface area is 94.0 Å². The lowest BCUT2D eigenvalue weighted by Gasteiger charge is -2.00. The smallest absolute Gasteiger partial charge is 0.433 e. The van der Waals surface area contributed by atoms with Crippen LogP contribution in [0.5, 0.6) is 0 Å². The van der Waals surface area contributed by atoms with Crippen molar-refractivity contribution >= 4 is 17.6 Å². The van der Waals surface area contributed by atoms with Gasteiger partial charge >= 0.3 is 6.09 Å².